The van der Waals surface area contributed by atoms with E-state index in [1.807, 2.05) is 0 Å². The van der Waals surface area contributed by atoms with Crippen LogP contribution in [0.25, 0.3) is 0 Å². The van der Waals surface area contributed by atoms with Crippen LogP contribution in [0.3, 0.4) is 0 Å². The average Bonchev–Trinajstić information content (AvgIpc) is 2.38. The molecule has 0 aromatic heterocycles. The summed E-state index contributed by atoms with van der Waals surface area (Å²) < 4.78 is 9.67. The summed E-state index contributed by atoms with van der Waals surface area (Å²) >= 11 is 0. The molecule has 0 aliphatic carbocycles. The van der Waals surface area contributed by atoms with Crippen LogP contribution >= 0.6 is 0 Å². The lowest BCUT2D eigenvalue weighted by Gasteiger charge is -2.22. The van der Waals surface area contributed by atoms with Gasteiger partial charge in [0, 0.05) is 6.54 Å². The van der Waals surface area contributed by atoms with Crippen molar-refractivity contribution in [3.63, 3.8) is 0 Å². The fourth-order valence-electron chi connectivity index (χ4n) is 1.49. The molecule has 0 aromatic rings. The molecule has 0 aliphatic heterocycles. The number of amides is 1. The third kappa shape index (κ3) is 10.7. The zero-order chi connectivity index (χ0) is 18.0. The minimum Gasteiger partial charge on any atom is -0.467 e. The van der Waals surface area contributed by atoms with Crippen LogP contribution in [0.4, 0.5) is 4.79 Å². The zero-order valence-electron chi connectivity index (χ0n) is 13.6. The van der Waals surface area contributed by atoms with Gasteiger partial charge in [-0.15, -0.1) is 0 Å². The summed E-state index contributed by atoms with van der Waals surface area (Å²) in [5.41, 5.74) is 4.55. The number of nitrogens with zero attached hydrogens (tertiary/aromatic N) is 2. The lowest BCUT2D eigenvalue weighted by molar-refractivity contribution is -0.485. The lowest BCUT2D eigenvalue weighted by atomic mass is 10.1. The smallest absolute Gasteiger partial charge is 0.408 e. The lowest BCUT2D eigenvalue weighted by Crippen LogP contribution is -2.44. The van der Waals surface area contributed by atoms with Gasteiger partial charge in [-0.2, -0.15) is 0 Å². The summed E-state index contributed by atoms with van der Waals surface area (Å²) in [6.45, 7) is 5.32. The number of hydrogen-bond donors (Lipinski definition) is 3. The minimum absolute atomic E-state index is 0.227. The second-order valence-corrected chi connectivity index (χ2v) is 5.51. The number of nitro groups is 1. The number of esters is 1. The van der Waals surface area contributed by atoms with E-state index >= 15 is 0 Å². The number of methoxy groups -OCH3 is 1. The van der Waals surface area contributed by atoms with E-state index in [9.17, 15) is 19.7 Å². The second-order valence-electron chi connectivity index (χ2n) is 5.51. The van der Waals surface area contributed by atoms with Gasteiger partial charge < -0.3 is 25.8 Å². The van der Waals surface area contributed by atoms with Crippen molar-refractivity contribution >= 4 is 18.0 Å². The first-order valence-electron chi connectivity index (χ1n) is 6.85. The van der Waals surface area contributed by atoms with Gasteiger partial charge >= 0.3 is 12.1 Å². The number of ether oxygens (including phenoxy) is 2. The quantitative estimate of drug-likeness (QED) is 0.146. The SMILES string of the molecule is COC(=O)[C@@H](CCCN/C(N)=N\[N+](=O)[O-])NC(=O)OC(C)(C)C. The number of rotatable bonds is 7. The number of guanidine groups is 1. The molecule has 0 unspecified atom stereocenters. The third-order valence-corrected chi connectivity index (χ3v) is 2.34. The molecule has 11 nitrogen and oxygen atoms in total. The van der Waals surface area contributed by atoms with Crippen LogP contribution in [0, 0.1) is 10.1 Å². The van der Waals surface area contributed by atoms with Crippen molar-refractivity contribution < 1.29 is 24.1 Å². The predicted molar refractivity (Wildman–Crippen MR) is 81.0 cm³/mol. The molecule has 0 fully saturated rings. The molecule has 1 amide bonds. The molecule has 4 N–H and O–H groups in total. The van der Waals surface area contributed by atoms with Crippen LogP contribution in [-0.2, 0) is 14.3 Å². The number of carbonyl (C=O) groups excluding carboxylic acids is 2. The number of hydrazone groups is 1. The number of carbonyl (C=O) groups is 2. The highest BCUT2D eigenvalue weighted by Gasteiger charge is 2.24. The molecule has 0 saturated heterocycles. The van der Waals surface area contributed by atoms with Crippen LogP contribution in [0.5, 0.6) is 0 Å². The maximum Gasteiger partial charge on any atom is 0.408 e. The highest BCUT2D eigenvalue weighted by molar-refractivity contribution is 5.81. The Balaban J connectivity index is 4.39. The second kappa shape index (κ2) is 9.43. The molecule has 132 valence electrons. The highest BCUT2D eigenvalue weighted by atomic mass is 16.7. The molecule has 0 heterocycles. The van der Waals surface area contributed by atoms with Gasteiger partial charge in [-0.1, -0.05) is 0 Å². The average molecular weight is 333 g/mol. The van der Waals surface area contributed by atoms with Gasteiger partial charge in [-0.3, -0.25) is 0 Å². The van der Waals surface area contributed by atoms with Gasteiger partial charge in [0.2, 0.25) is 0 Å². The van der Waals surface area contributed by atoms with Crippen LogP contribution in [0.1, 0.15) is 33.6 Å². The van der Waals surface area contributed by atoms with Crippen molar-refractivity contribution in [1.29, 1.82) is 0 Å². The zero-order valence-corrected chi connectivity index (χ0v) is 13.6. The van der Waals surface area contributed by atoms with Gasteiger partial charge in [0.25, 0.3) is 5.96 Å². The number of nitrogens with one attached hydrogen (secondary N) is 2. The molecule has 11 heteroatoms. The summed E-state index contributed by atoms with van der Waals surface area (Å²) in [6, 6.07) is -0.898. The third-order valence-electron chi connectivity index (χ3n) is 2.34. The van der Waals surface area contributed by atoms with Crippen LogP contribution in [0.2, 0.25) is 0 Å². The fraction of sp³-hybridized carbons (Fsp3) is 0.750. The summed E-state index contributed by atoms with van der Waals surface area (Å²) in [5.74, 6) is -0.965. The van der Waals surface area contributed by atoms with Crippen molar-refractivity contribution in [2.24, 2.45) is 10.8 Å². The Labute approximate surface area is 133 Å². The van der Waals surface area contributed by atoms with Crippen LogP contribution < -0.4 is 16.4 Å². The number of nitrogens with two attached hydrogens (primary N) is 1. The molecule has 0 radical (unpaired) electrons. The molecule has 0 spiro atoms. The maximum absolute atomic E-state index is 11.7. The molecule has 0 bridgehead atoms. The number of hydrogen-bond acceptors (Lipinski definition) is 6. The van der Waals surface area contributed by atoms with Gasteiger partial charge in [0.1, 0.15) is 16.7 Å². The first kappa shape index (κ1) is 20.4. The van der Waals surface area contributed by atoms with Gasteiger partial charge in [-0.25, -0.2) is 19.7 Å². The van der Waals surface area contributed by atoms with Crippen molar-refractivity contribution in [2.45, 2.75) is 45.3 Å². The normalized spacial score (nSPS) is 13.0. The monoisotopic (exact) mass is 333 g/mol. The first-order chi connectivity index (χ1) is 10.5. The largest absolute Gasteiger partial charge is 0.467 e. The minimum atomic E-state index is -0.927. The summed E-state index contributed by atoms with van der Waals surface area (Å²) in [5, 5.41) is 16.9. The maximum atomic E-state index is 11.7. The molecule has 0 saturated carbocycles. The Bertz CT molecular complexity index is 459. The number of alkyl carbamates (subject to hydrolysis) is 1. The van der Waals surface area contributed by atoms with Gasteiger partial charge in [-0.05, 0) is 33.6 Å². The van der Waals surface area contributed by atoms with E-state index in [4.69, 9.17) is 10.5 Å². The van der Waals surface area contributed by atoms with Crippen molar-refractivity contribution in [2.75, 3.05) is 13.7 Å². The summed E-state index contributed by atoms with van der Waals surface area (Å²) in [4.78, 5) is 33.4. The van der Waals surface area contributed by atoms with E-state index in [0.29, 0.717) is 6.42 Å². The topological polar surface area (TPSA) is 158 Å². The van der Waals surface area contributed by atoms with E-state index in [1.165, 1.54) is 7.11 Å². The Hall–Kier alpha value is -2.59. The van der Waals surface area contributed by atoms with E-state index in [-0.39, 0.29) is 18.9 Å². The standard InChI is InChI=1S/C12H23N5O6/c1-12(2,3)23-11(19)15-8(9(18)22-4)6-5-7-14-10(13)16-17(20)21/h8H,5-7H2,1-4H3,(H,15,19)(H3,13,14,16)/t8-/m1/s1. The Kier molecular flexibility index (Phi) is 8.37. The van der Waals surface area contributed by atoms with E-state index < -0.39 is 28.7 Å². The van der Waals surface area contributed by atoms with E-state index in [2.05, 4.69) is 20.5 Å². The van der Waals surface area contributed by atoms with Crippen LogP contribution in [-0.4, -0.2) is 48.4 Å². The van der Waals surface area contributed by atoms with Gasteiger partial charge in [0.05, 0.1) is 7.11 Å². The van der Waals surface area contributed by atoms with Crippen LogP contribution in [0.15, 0.2) is 5.10 Å². The molecule has 0 rings (SSSR count). The van der Waals surface area contributed by atoms with Gasteiger partial charge in [0.15, 0.2) is 5.03 Å². The molecular weight excluding hydrogens is 310 g/mol. The Morgan fingerprint density at radius 3 is 2.48 bits per heavy atom. The predicted octanol–water partition coefficient (Wildman–Crippen LogP) is -0.0711. The van der Waals surface area contributed by atoms with E-state index in [0.717, 1.165) is 0 Å². The Morgan fingerprint density at radius 2 is 2.00 bits per heavy atom. The fourth-order valence-corrected chi connectivity index (χ4v) is 1.49. The molecular formula is C12H23N5O6. The summed E-state index contributed by atoms with van der Waals surface area (Å²) in [6.07, 6.45) is -0.135. The highest BCUT2D eigenvalue weighted by Crippen LogP contribution is 2.08. The Morgan fingerprint density at radius 1 is 1.39 bits per heavy atom. The van der Waals surface area contributed by atoms with E-state index in [1.54, 1.807) is 20.8 Å². The van der Waals surface area contributed by atoms with Crippen molar-refractivity contribution in [3.8, 4) is 0 Å². The summed E-state index contributed by atoms with van der Waals surface area (Å²) in [7, 11) is 1.20. The molecule has 23 heavy (non-hydrogen) atoms. The van der Waals surface area contributed by atoms with Crippen molar-refractivity contribution in [1.82, 2.24) is 10.6 Å². The molecule has 1 atom stereocenters. The van der Waals surface area contributed by atoms with Crippen molar-refractivity contribution in [3.05, 3.63) is 10.1 Å². The first-order valence-corrected chi connectivity index (χ1v) is 6.85. The molecule has 0 aliphatic rings. The molecule has 0 aromatic carbocycles.